The van der Waals surface area contributed by atoms with E-state index in [0.29, 0.717) is 6.54 Å². The van der Waals surface area contributed by atoms with Gasteiger partial charge in [0, 0.05) is 31.3 Å². The van der Waals surface area contributed by atoms with Gasteiger partial charge in [0.2, 0.25) is 0 Å². The minimum Gasteiger partial charge on any atom is -0.497 e. The molecule has 0 spiro atoms. The van der Waals surface area contributed by atoms with Gasteiger partial charge in [-0.1, -0.05) is 0 Å². The highest BCUT2D eigenvalue weighted by atomic mass is 16.5. The molecule has 2 fully saturated rings. The number of methoxy groups -OCH3 is 2. The first-order valence-electron chi connectivity index (χ1n) is 11.1. The van der Waals surface area contributed by atoms with Gasteiger partial charge in [-0.15, -0.1) is 0 Å². The van der Waals surface area contributed by atoms with Crippen LogP contribution in [-0.4, -0.2) is 56.8 Å². The van der Waals surface area contributed by atoms with Crippen LogP contribution in [0.15, 0.2) is 23.2 Å². The first-order valence-corrected chi connectivity index (χ1v) is 11.1. The van der Waals surface area contributed by atoms with Gasteiger partial charge in [0.25, 0.3) is 0 Å². The monoisotopic (exact) mass is 417 g/mol. The van der Waals surface area contributed by atoms with Crippen molar-refractivity contribution in [1.82, 2.24) is 10.2 Å². The number of likely N-dealkylation sites (tertiary alicyclic amines) is 1. The van der Waals surface area contributed by atoms with Crippen molar-refractivity contribution < 1.29 is 19.0 Å². The van der Waals surface area contributed by atoms with Crippen molar-refractivity contribution in [2.75, 3.05) is 33.9 Å². The lowest BCUT2D eigenvalue weighted by Crippen LogP contribution is -2.46. The number of esters is 1. The van der Waals surface area contributed by atoms with Gasteiger partial charge in [-0.3, -0.25) is 4.79 Å². The van der Waals surface area contributed by atoms with Crippen LogP contribution < -0.4 is 14.8 Å². The van der Waals surface area contributed by atoms with E-state index in [1.807, 2.05) is 18.2 Å². The fraction of sp³-hybridized carbons (Fsp3) is 0.652. The number of hydrogen-bond acceptors (Lipinski definition) is 5. The predicted octanol–water partition coefficient (Wildman–Crippen LogP) is 3.37. The molecule has 7 heteroatoms. The second-order valence-corrected chi connectivity index (χ2v) is 7.95. The molecule has 1 N–H and O–H groups in total. The predicted molar refractivity (Wildman–Crippen MR) is 117 cm³/mol. The molecular weight excluding hydrogens is 382 g/mol. The molecule has 7 nitrogen and oxygen atoms in total. The van der Waals surface area contributed by atoms with Gasteiger partial charge in [-0.2, -0.15) is 0 Å². The Morgan fingerprint density at radius 1 is 1.17 bits per heavy atom. The average molecular weight is 418 g/mol. The molecule has 0 atom stereocenters. The van der Waals surface area contributed by atoms with Gasteiger partial charge in [0.1, 0.15) is 11.5 Å². The highest BCUT2D eigenvalue weighted by Crippen LogP contribution is 2.30. The van der Waals surface area contributed by atoms with E-state index in [4.69, 9.17) is 19.2 Å². The maximum absolute atomic E-state index is 11.8. The summed E-state index contributed by atoms with van der Waals surface area (Å²) in [5, 5.41) is 3.39. The Balaban J connectivity index is 1.70. The minimum atomic E-state index is -0.108. The Bertz CT molecular complexity index is 723. The molecule has 0 radical (unpaired) electrons. The Morgan fingerprint density at radius 2 is 1.90 bits per heavy atom. The lowest BCUT2D eigenvalue weighted by Gasteiger charge is -2.33. The van der Waals surface area contributed by atoms with Crippen molar-refractivity contribution >= 4 is 11.9 Å². The summed E-state index contributed by atoms with van der Waals surface area (Å²) in [4.78, 5) is 18.9. The van der Waals surface area contributed by atoms with E-state index in [2.05, 4.69) is 17.1 Å². The Morgan fingerprint density at radius 3 is 2.53 bits per heavy atom. The SMILES string of the molecule is CCNC(=NCc1ccc(OC)cc1OC1CCCC1)N1CCC(C(=O)OC)CC1. The molecular formula is C23H35N3O4. The molecule has 1 heterocycles. The highest BCUT2D eigenvalue weighted by molar-refractivity contribution is 5.80. The number of ether oxygens (including phenoxy) is 3. The molecule has 1 saturated heterocycles. The van der Waals surface area contributed by atoms with Crippen molar-refractivity contribution in [3.05, 3.63) is 23.8 Å². The zero-order valence-corrected chi connectivity index (χ0v) is 18.5. The smallest absolute Gasteiger partial charge is 0.308 e. The summed E-state index contributed by atoms with van der Waals surface area (Å²) in [6.07, 6.45) is 6.54. The second-order valence-electron chi connectivity index (χ2n) is 7.95. The number of guanidine groups is 1. The minimum absolute atomic E-state index is 0.0119. The first-order chi connectivity index (χ1) is 14.6. The number of aliphatic imine (C=N–C) groups is 1. The summed E-state index contributed by atoms with van der Waals surface area (Å²) >= 11 is 0. The van der Waals surface area contributed by atoms with Crippen LogP contribution in [0.5, 0.6) is 11.5 Å². The van der Waals surface area contributed by atoms with Crippen LogP contribution in [0.3, 0.4) is 0 Å². The molecule has 1 aromatic carbocycles. The molecule has 3 rings (SSSR count). The number of rotatable bonds is 7. The molecule has 30 heavy (non-hydrogen) atoms. The molecule has 1 saturated carbocycles. The van der Waals surface area contributed by atoms with Crippen LogP contribution in [0, 0.1) is 5.92 Å². The fourth-order valence-corrected chi connectivity index (χ4v) is 4.17. The zero-order chi connectivity index (χ0) is 21.3. The lowest BCUT2D eigenvalue weighted by atomic mass is 9.97. The Hall–Kier alpha value is -2.44. The standard InChI is InChI=1S/C23H35N3O4/c1-4-24-23(26-13-11-17(12-14-26)22(27)29-3)25-16-18-9-10-20(28-2)15-21(18)30-19-7-5-6-8-19/h9-10,15,17,19H,4-8,11-14,16H2,1-3H3,(H,24,25). The third-order valence-electron chi connectivity index (χ3n) is 5.93. The van der Waals surface area contributed by atoms with Gasteiger partial charge in [-0.25, -0.2) is 4.99 Å². The van der Waals surface area contributed by atoms with Crippen LogP contribution in [0.2, 0.25) is 0 Å². The van der Waals surface area contributed by atoms with Crippen LogP contribution >= 0.6 is 0 Å². The quantitative estimate of drug-likeness (QED) is 0.417. The van der Waals surface area contributed by atoms with Gasteiger partial charge >= 0.3 is 5.97 Å². The number of carbonyl (C=O) groups is 1. The molecule has 0 aromatic heterocycles. The Kier molecular flexibility index (Phi) is 8.22. The van der Waals surface area contributed by atoms with Crippen molar-refractivity contribution in [1.29, 1.82) is 0 Å². The maximum atomic E-state index is 11.8. The summed E-state index contributed by atoms with van der Waals surface area (Å²) in [6.45, 7) is 4.98. The van der Waals surface area contributed by atoms with Gasteiger partial charge in [0.05, 0.1) is 32.8 Å². The third-order valence-corrected chi connectivity index (χ3v) is 5.93. The molecule has 1 aliphatic heterocycles. The summed E-state index contributed by atoms with van der Waals surface area (Å²) in [5.74, 6) is 2.42. The molecule has 166 valence electrons. The average Bonchev–Trinajstić information content (AvgIpc) is 3.30. The summed E-state index contributed by atoms with van der Waals surface area (Å²) < 4.78 is 16.6. The van der Waals surface area contributed by atoms with Crippen molar-refractivity contribution in [2.45, 2.75) is 58.1 Å². The zero-order valence-electron chi connectivity index (χ0n) is 18.5. The van der Waals surface area contributed by atoms with Crippen molar-refractivity contribution in [2.24, 2.45) is 10.9 Å². The van der Waals surface area contributed by atoms with Gasteiger partial charge in [-0.05, 0) is 57.6 Å². The molecule has 0 unspecified atom stereocenters. The fourth-order valence-electron chi connectivity index (χ4n) is 4.17. The van der Waals surface area contributed by atoms with Crippen LogP contribution in [-0.2, 0) is 16.1 Å². The Labute approximate surface area is 179 Å². The number of benzene rings is 1. The molecule has 0 amide bonds. The van der Waals surface area contributed by atoms with E-state index in [1.165, 1.54) is 20.0 Å². The van der Waals surface area contributed by atoms with Crippen LogP contribution in [0.4, 0.5) is 0 Å². The van der Waals surface area contributed by atoms with E-state index in [9.17, 15) is 4.79 Å². The van der Waals surface area contributed by atoms with Crippen molar-refractivity contribution in [3.8, 4) is 11.5 Å². The highest BCUT2D eigenvalue weighted by Gasteiger charge is 2.27. The number of nitrogens with one attached hydrogen (secondary N) is 1. The number of carbonyl (C=O) groups excluding carboxylic acids is 1. The molecule has 2 aliphatic rings. The van der Waals surface area contributed by atoms with E-state index in [1.54, 1.807) is 7.11 Å². The van der Waals surface area contributed by atoms with E-state index in [-0.39, 0.29) is 18.0 Å². The molecule has 0 bridgehead atoms. The molecule has 1 aliphatic carbocycles. The van der Waals surface area contributed by atoms with Crippen LogP contribution in [0.1, 0.15) is 51.0 Å². The van der Waals surface area contributed by atoms with Gasteiger partial charge in [0.15, 0.2) is 5.96 Å². The summed E-state index contributed by atoms with van der Waals surface area (Å²) in [7, 11) is 3.13. The third kappa shape index (κ3) is 5.80. The normalized spacial score (nSPS) is 18.4. The summed E-state index contributed by atoms with van der Waals surface area (Å²) in [6, 6.07) is 5.97. The number of hydrogen-bond donors (Lipinski definition) is 1. The molecule has 1 aromatic rings. The number of piperidine rings is 1. The summed E-state index contributed by atoms with van der Waals surface area (Å²) in [5.41, 5.74) is 1.06. The lowest BCUT2D eigenvalue weighted by molar-refractivity contribution is -0.146. The van der Waals surface area contributed by atoms with Crippen LogP contribution in [0.25, 0.3) is 0 Å². The maximum Gasteiger partial charge on any atom is 0.308 e. The van der Waals surface area contributed by atoms with E-state index in [0.717, 1.165) is 68.3 Å². The first kappa shape index (κ1) is 22.2. The second kappa shape index (κ2) is 11.1. The van der Waals surface area contributed by atoms with E-state index < -0.39 is 0 Å². The topological polar surface area (TPSA) is 72.4 Å². The van der Waals surface area contributed by atoms with E-state index >= 15 is 0 Å². The van der Waals surface area contributed by atoms with Crippen molar-refractivity contribution in [3.63, 3.8) is 0 Å². The number of nitrogens with zero attached hydrogens (tertiary/aromatic N) is 2. The van der Waals surface area contributed by atoms with Gasteiger partial charge < -0.3 is 24.4 Å². The largest absolute Gasteiger partial charge is 0.497 e.